The van der Waals surface area contributed by atoms with Gasteiger partial charge in [0.15, 0.2) is 0 Å². The van der Waals surface area contributed by atoms with Gasteiger partial charge in [0.2, 0.25) is 5.91 Å². The molecule has 1 amide bonds. The van der Waals surface area contributed by atoms with Crippen LogP contribution in [-0.2, 0) is 16.1 Å². The van der Waals surface area contributed by atoms with Crippen molar-refractivity contribution in [2.45, 2.75) is 32.4 Å². The normalized spacial score (nSPS) is 12.1. The van der Waals surface area contributed by atoms with Gasteiger partial charge < -0.3 is 10.4 Å². The Balaban J connectivity index is 2.40. The summed E-state index contributed by atoms with van der Waals surface area (Å²) in [5.41, 5.74) is 0. The zero-order valence-electron chi connectivity index (χ0n) is 9.09. The third-order valence-electron chi connectivity index (χ3n) is 2.14. The number of hydrogen-bond donors (Lipinski definition) is 2. The number of carboxylic acid groups (broad SMARTS) is 1. The van der Waals surface area contributed by atoms with Crippen LogP contribution in [0.2, 0.25) is 0 Å². The molecule has 0 saturated carbocycles. The van der Waals surface area contributed by atoms with Gasteiger partial charge in [-0.1, -0.05) is 6.92 Å². The topological polar surface area (TPSA) is 84.2 Å². The molecule has 16 heavy (non-hydrogen) atoms. The summed E-state index contributed by atoms with van der Waals surface area (Å²) in [6, 6.07) is 1.41. The van der Waals surface area contributed by atoms with Crippen LogP contribution in [0.5, 0.6) is 0 Å². The Kier molecular flexibility index (Phi) is 4.50. The highest BCUT2D eigenvalue weighted by Gasteiger charge is 2.13. The summed E-state index contributed by atoms with van der Waals surface area (Å²) in [7, 11) is 0. The van der Waals surface area contributed by atoms with Gasteiger partial charge in [-0.2, -0.15) is 5.10 Å². The van der Waals surface area contributed by atoms with Crippen molar-refractivity contribution in [3.05, 3.63) is 18.5 Å². The first kappa shape index (κ1) is 12.2. The van der Waals surface area contributed by atoms with Crippen molar-refractivity contribution in [3.8, 4) is 0 Å². The number of aromatic nitrogens is 2. The number of amides is 1. The second-order valence-electron chi connectivity index (χ2n) is 3.47. The molecule has 0 saturated heterocycles. The molecule has 0 aromatic carbocycles. The Morgan fingerprint density at radius 1 is 1.56 bits per heavy atom. The van der Waals surface area contributed by atoms with Crippen LogP contribution in [0.15, 0.2) is 18.5 Å². The zero-order valence-corrected chi connectivity index (χ0v) is 9.09. The number of hydrogen-bond acceptors (Lipinski definition) is 3. The number of nitrogens with one attached hydrogen (secondary N) is 1. The molecule has 1 atom stereocenters. The minimum absolute atomic E-state index is 0.0542. The van der Waals surface area contributed by atoms with Gasteiger partial charge in [-0.05, 0) is 12.5 Å². The van der Waals surface area contributed by atoms with E-state index in [1.54, 1.807) is 18.5 Å². The zero-order chi connectivity index (χ0) is 12.0. The first-order valence-corrected chi connectivity index (χ1v) is 5.10. The van der Waals surface area contributed by atoms with Gasteiger partial charge in [-0.15, -0.1) is 0 Å². The fraction of sp³-hybridized carbons (Fsp3) is 0.500. The summed E-state index contributed by atoms with van der Waals surface area (Å²) in [4.78, 5) is 22.0. The Bertz CT molecular complexity index is 348. The quantitative estimate of drug-likeness (QED) is 0.727. The van der Waals surface area contributed by atoms with Crippen molar-refractivity contribution in [1.82, 2.24) is 15.1 Å². The van der Waals surface area contributed by atoms with Crippen molar-refractivity contribution >= 4 is 11.9 Å². The highest BCUT2D eigenvalue weighted by Crippen LogP contribution is 1.97. The summed E-state index contributed by atoms with van der Waals surface area (Å²) >= 11 is 0. The van der Waals surface area contributed by atoms with Crippen molar-refractivity contribution in [2.75, 3.05) is 0 Å². The van der Waals surface area contributed by atoms with Gasteiger partial charge in [0.25, 0.3) is 0 Å². The lowest BCUT2D eigenvalue weighted by Crippen LogP contribution is -2.38. The van der Waals surface area contributed by atoms with Crippen LogP contribution < -0.4 is 5.32 Å². The number of nitrogens with zero attached hydrogens (tertiary/aromatic N) is 2. The molecule has 6 nitrogen and oxygen atoms in total. The van der Waals surface area contributed by atoms with E-state index in [1.807, 2.05) is 6.92 Å². The number of carboxylic acids is 1. The van der Waals surface area contributed by atoms with E-state index in [2.05, 4.69) is 10.4 Å². The SMILES string of the molecule is CCC(CC(=O)O)NC(=O)Cn1cccn1. The molecular formula is C10H15N3O3. The minimum atomic E-state index is -0.911. The number of aliphatic carboxylic acids is 1. The standard InChI is InChI=1S/C10H15N3O3/c1-2-8(6-10(15)16)12-9(14)7-13-5-3-4-11-13/h3-5,8H,2,6-7H2,1H3,(H,12,14)(H,15,16). The fourth-order valence-electron chi connectivity index (χ4n) is 1.32. The van der Waals surface area contributed by atoms with E-state index in [9.17, 15) is 9.59 Å². The average molecular weight is 225 g/mol. The molecule has 1 rings (SSSR count). The number of carbonyl (C=O) groups is 2. The summed E-state index contributed by atoms with van der Waals surface area (Å²) in [5, 5.41) is 15.2. The molecule has 1 aromatic rings. The second kappa shape index (κ2) is 5.89. The smallest absolute Gasteiger partial charge is 0.305 e. The fourth-order valence-corrected chi connectivity index (χ4v) is 1.32. The lowest BCUT2D eigenvalue weighted by Gasteiger charge is -2.14. The maximum atomic E-state index is 11.5. The summed E-state index contributed by atoms with van der Waals surface area (Å²) < 4.78 is 1.49. The molecule has 2 N–H and O–H groups in total. The van der Waals surface area contributed by atoms with Gasteiger partial charge >= 0.3 is 5.97 Å². The van der Waals surface area contributed by atoms with Crippen LogP contribution in [-0.4, -0.2) is 32.8 Å². The van der Waals surface area contributed by atoms with Crippen LogP contribution in [0.3, 0.4) is 0 Å². The maximum absolute atomic E-state index is 11.5. The van der Waals surface area contributed by atoms with Gasteiger partial charge in [0, 0.05) is 18.4 Å². The Labute approximate surface area is 93.3 Å². The van der Waals surface area contributed by atoms with E-state index in [0.717, 1.165) is 0 Å². The molecule has 0 spiro atoms. The van der Waals surface area contributed by atoms with Crippen molar-refractivity contribution < 1.29 is 14.7 Å². The van der Waals surface area contributed by atoms with Crippen LogP contribution in [0.1, 0.15) is 19.8 Å². The Hall–Kier alpha value is -1.85. The van der Waals surface area contributed by atoms with E-state index in [-0.39, 0.29) is 24.9 Å². The van der Waals surface area contributed by atoms with Crippen molar-refractivity contribution in [3.63, 3.8) is 0 Å². The van der Waals surface area contributed by atoms with E-state index in [4.69, 9.17) is 5.11 Å². The third kappa shape index (κ3) is 4.12. The lowest BCUT2D eigenvalue weighted by molar-refractivity contribution is -0.137. The summed E-state index contributed by atoms with van der Waals surface area (Å²) in [6.45, 7) is 1.95. The first-order chi connectivity index (χ1) is 7.61. The Morgan fingerprint density at radius 2 is 2.31 bits per heavy atom. The molecule has 1 unspecified atom stereocenters. The van der Waals surface area contributed by atoms with Gasteiger partial charge in [0.05, 0.1) is 6.42 Å². The summed E-state index contributed by atoms with van der Waals surface area (Å²) in [6.07, 6.45) is 3.80. The second-order valence-corrected chi connectivity index (χ2v) is 3.47. The summed E-state index contributed by atoms with van der Waals surface area (Å²) in [5.74, 6) is -1.14. The van der Waals surface area contributed by atoms with Crippen molar-refractivity contribution in [2.24, 2.45) is 0 Å². The number of rotatable bonds is 6. The predicted molar refractivity (Wildman–Crippen MR) is 56.7 cm³/mol. The van der Waals surface area contributed by atoms with Crippen molar-refractivity contribution in [1.29, 1.82) is 0 Å². The average Bonchev–Trinajstić information content (AvgIpc) is 2.68. The van der Waals surface area contributed by atoms with E-state index < -0.39 is 5.97 Å². The van der Waals surface area contributed by atoms with E-state index >= 15 is 0 Å². The molecule has 0 aliphatic carbocycles. The number of carbonyl (C=O) groups excluding carboxylic acids is 1. The maximum Gasteiger partial charge on any atom is 0.305 e. The molecule has 0 bridgehead atoms. The molecular weight excluding hydrogens is 210 g/mol. The predicted octanol–water partition coefficient (Wildman–Crippen LogP) is 0.253. The van der Waals surface area contributed by atoms with E-state index in [0.29, 0.717) is 6.42 Å². The molecule has 0 aliphatic heterocycles. The minimum Gasteiger partial charge on any atom is -0.481 e. The van der Waals surface area contributed by atoms with Crippen LogP contribution in [0.25, 0.3) is 0 Å². The lowest BCUT2D eigenvalue weighted by atomic mass is 10.1. The molecule has 1 aromatic heterocycles. The first-order valence-electron chi connectivity index (χ1n) is 5.10. The van der Waals surface area contributed by atoms with Gasteiger partial charge in [0.1, 0.15) is 6.54 Å². The van der Waals surface area contributed by atoms with Crippen LogP contribution >= 0.6 is 0 Å². The molecule has 0 aliphatic rings. The molecule has 6 heteroatoms. The molecule has 88 valence electrons. The van der Waals surface area contributed by atoms with Crippen LogP contribution in [0.4, 0.5) is 0 Å². The molecule has 1 heterocycles. The molecule has 0 radical (unpaired) electrons. The molecule has 0 fully saturated rings. The van der Waals surface area contributed by atoms with E-state index in [1.165, 1.54) is 4.68 Å². The highest BCUT2D eigenvalue weighted by atomic mass is 16.4. The van der Waals surface area contributed by atoms with Crippen LogP contribution in [0, 0.1) is 0 Å². The largest absolute Gasteiger partial charge is 0.481 e. The Morgan fingerprint density at radius 3 is 2.81 bits per heavy atom. The monoisotopic (exact) mass is 225 g/mol. The van der Waals surface area contributed by atoms with Gasteiger partial charge in [-0.3, -0.25) is 14.3 Å². The highest BCUT2D eigenvalue weighted by molar-refractivity contribution is 5.77. The van der Waals surface area contributed by atoms with Gasteiger partial charge in [-0.25, -0.2) is 0 Å². The third-order valence-corrected chi connectivity index (χ3v) is 2.14.